The van der Waals surface area contributed by atoms with Crippen molar-refractivity contribution in [1.82, 2.24) is 10.2 Å². The summed E-state index contributed by atoms with van der Waals surface area (Å²) >= 11 is 11.8. The minimum atomic E-state index is -0.695. The molecule has 8 nitrogen and oxygen atoms in total. The molecule has 2 amide bonds. The maximum Gasteiger partial charge on any atom is 0.283 e. The average Bonchev–Trinajstić information content (AvgIpc) is 2.71. The van der Waals surface area contributed by atoms with Crippen molar-refractivity contribution in [3.8, 4) is 0 Å². The third-order valence-electron chi connectivity index (χ3n) is 4.61. The van der Waals surface area contributed by atoms with Gasteiger partial charge in [0.05, 0.1) is 11.5 Å². The van der Waals surface area contributed by atoms with Crippen LogP contribution in [-0.4, -0.2) is 54.4 Å². The zero-order valence-electron chi connectivity index (χ0n) is 15.3. The van der Waals surface area contributed by atoms with Crippen LogP contribution >= 0.6 is 23.2 Å². The van der Waals surface area contributed by atoms with Gasteiger partial charge in [-0.15, -0.1) is 0 Å². The normalized spacial score (nSPS) is 13.9. The van der Waals surface area contributed by atoms with Crippen LogP contribution in [0.15, 0.2) is 42.5 Å². The Kier molecular flexibility index (Phi) is 6.56. The SMILES string of the molecule is O=C(NCC(=O)N1CCN(c2cccc(Cl)c2)CC1)c1ccc(Cl)cc1[N+](=O)[O-]. The first kappa shape index (κ1) is 20.9. The van der Waals surface area contributed by atoms with Gasteiger partial charge in [0.15, 0.2) is 0 Å². The molecule has 0 bridgehead atoms. The molecule has 0 unspecified atom stereocenters. The van der Waals surface area contributed by atoms with Gasteiger partial charge < -0.3 is 15.1 Å². The number of nitro benzene ring substituents is 1. The molecule has 10 heteroatoms. The summed E-state index contributed by atoms with van der Waals surface area (Å²) in [6.45, 7) is 2.05. The van der Waals surface area contributed by atoms with Crippen molar-refractivity contribution in [3.63, 3.8) is 0 Å². The van der Waals surface area contributed by atoms with Gasteiger partial charge in [0, 0.05) is 48.0 Å². The lowest BCUT2D eigenvalue weighted by atomic mass is 10.1. The van der Waals surface area contributed by atoms with E-state index < -0.39 is 16.5 Å². The van der Waals surface area contributed by atoms with E-state index in [9.17, 15) is 19.7 Å². The third kappa shape index (κ3) is 5.16. The number of nitrogens with one attached hydrogen (secondary N) is 1. The van der Waals surface area contributed by atoms with Crippen molar-refractivity contribution in [1.29, 1.82) is 0 Å². The van der Waals surface area contributed by atoms with E-state index in [4.69, 9.17) is 23.2 Å². The molecule has 2 aromatic carbocycles. The quantitative estimate of drug-likeness (QED) is 0.573. The molecule has 1 aliphatic heterocycles. The van der Waals surface area contributed by atoms with E-state index in [1.165, 1.54) is 12.1 Å². The fourth-order valence-electron chi connectivity index (χ4n) is 3.10. The minimum absolute atomic E-state index is 0.141. The van der Waals surface area contributed by atoms with E-state index in [0.717, 1.165) is 11.8 Å². The lowest BCUT2D eigenvalue weighted by Gasteiger charge is -2.36. The van der Waals surface area contributed by atoms with Crippen LogP contribution in [0.1, 0.15) is 10.4 Å². The Labute approximate surface area is 177 Å². The van der Waals surface area contributed by atoms with Gasteiger partial charge in [-0.3, -0.25) is 19.7 Å². The van der Waals surface area contributed by atoms with E-state index in [-0.39, 0.29) is 23.0 Å². The average molecular weight is 437 g/mol. The lowest BCUT2D eigenvalue weighted by molar-refractivity contribution is -0.385. The number of amides is 2. The molecule has 1 heterocycles. The number of anilines is 1. The van der Waals surface area contributed by atoms with Gasteiger partial charge >= 0.3 is 0 Å². The number of rotatable bonds is 5. The van der Waals surface area contributed by atoms with Crippen LogP contribution in [0.25, 0.3) is 0 Å². The molecule has 1 aliphatic rings. The highest BCUT2D eigenvalue weighted by Gasteiger charge is 2.24. The molecule has 0 atom stereocenters. The Bertz CT molecular complexity index is 946. The first-order valence-corrected chi connectivity index (χ1v) is 9.61. The van der Waals surface area contributed by atoms with Gasteiger partial charge in [-0.1, -0.05) is 29.3 Å². The largest absolute Gasteiger partial charge is 0.368 e. The summed E-state index contributed by atoms with van der Waals surface area (Å²) in [7, 11) is 0. The number of carbonyl (C=O) groups is 2. The minimum Gasteiger partial charge on any atom is -0.368 e. The zero-order chi connectivity index (χ0) is 21.0. The number of benzene rings is 2. The number of hydrogen-bond donors (Lipinski definition) is 1. The Balaban J connectivity index is 1.54. The number of halogens is 2. The summed E-state index contributed by atoms with van der Waals surface area (Å²) in [5, 5.41) is 14.4. The van der Waals surface area contributed by atoms with E-state index in [1.807, 2.05) is 18.2 Å². The summed E-state index contributed by atoms with van der Waals surface area (Å²) in [4.78, 5) is 38.9. The first-order chi connectivity index (χ1) is 13.8. The summed E-state index contributed by atoms with van der Waals surface area (Å²) in [6.07, 6.45) is 0. The highest BCUT2D eigenvalue weighted by atomic mass is 35.5. The summed E-state index contributed by atoms with van der Waals surface area (Å²) in [6, 6.07) is 11.3. The van der Waals surface area contributed by atoms with Crippen molar-refractivity contribution in [2.45, 2.75) is 0 Å². The van der Waals surface area contributed by atoms with Crippen LogP contribution in [0.2, 0.25) is 10.0 Å². The van der Waals surface area contributed by atoms with E-state index in [1.54, 1.807) is 11.0 Å². The summed E-state index contributed by atoms with van der Waals surface area (Å²) in [5.74, 6) is -0.944. The predicted octanol–water partition coefficient (Wildman–Crippen LogP) is 2.98. The molecular formula is C19H18Cl2N4O4. The highest BCUT2D eigenvalue weighted by Crippen LogP contribution is 2.23. The second-order valence-corrected chi connectivity index (χ2v) is 7.32. The molecule has 0 radical (unpaired) electrons. The molecule has 0 aromatic heterocycles. The predicted molar refractivity (Wildman–Crippen MR) is 111 cm³/mol. The Morgan fingerprint density at radius 1 is 1.03 bits per heavy atom. The van der Waals surface area contributed by atoms with Gasteiger partial charge in [0.2, 0.25) is 5.91 Å². The van der Waals surface area contributed by atoms with Gasteiger partial charge in [-0.25, -0.2) is 0 Å². The molecule has 0 spiro atoms. The fourth-order valence-corrected chi connectivity index (χ4v) is 3.45. The maximum atomic E-state index is 12.4. The van der Waals surface area contributed by atoms with Gasteiger partial charge in [0.1, 0.15) is 5.56 Å². The number of nitro groups is 1. The topological polar surface area (TPSA) is 95.8 Å². The fraction of sp³-hybridized carbons (Fsp3) is 0.263. The van der Waals surface area contributed by atoms with Gasteiger partial charge in [-0.05, 0) is 30.3 Å². The van der Waals surface area contributed by atoms with Crippen LogP contribution < -0.4 is 10.2 Å². The molecule has 29 heavy (non-hydrogen) atoms. The Morgan fingerprint density at radius 2 is 1.72 bits per heavy atom. The number of hydrogen-bond acceptors (Lipinski definition) is 5. The van der Waals surface area contributed by atoms with Crippen LogP contribution in [0, 0.1) is 10.1 Å². The van der Waals surface area contributed by atoms with E-state index in [2.05, 4.69) is 10.2 Å². The number of nitrogens with zero attached hydrogens (tertiary/aromatic N) is 3. The molecule has 3 rings (SSSR count). The monoisotopic (exact) mass is 436 g/mol. The van der Waals surface area contributed by atoms with Crippen molar-refractivity contribution in [2.24, 2.45) is 0 Å². The molecule has 0 aliphatic carbocycles. The third-order valence-corrected chi connectivity index (χ3v) is 5.08. The van der Waals surface area contributed by atoms with Gasteiger partial charge in [0.25, 0.3) is 11.6 Å². The van der Waals surface area contributed by atoms with Crippen molar-refractivity contribution >= 4 is 46.4 Å². The first-order valence-electron chi connectivity index (χ1n) is 8.85. The Morgan fingerprint density at radius 3 is 2.38 bits per heavy atom. The van der Waals surface area contributed by atoms with E-state index in [0.29, 0.717) is 31.2 Å². The van der Waals surface area contributed by atoms with Crippen LogP contribution in [0.5, 0.6) is 0 Å². The molecule has 2 aromatic rings. The van der Waals surface area contributed by atoms with E-state index >= 15 is 0 Å². The second-order valence-electron chi connectivity index (χ2n) is 6.45. The smallest absolute Gasteiger partial charge is 0.283 e. The van der Waals surface area contributed by atoms with Crippen LogP contribution in [-0.2, 0) is 4.79 Å². The Hall–Kier alpha value is -2.84. The maximum absolute atomic E-state index is 12.4. The highest BCUT2D eigenvalue weighted by molar-refractivity contribution is 6.31. The molecule has 1 N–H and O–H groups in total. The molecule has 152 valence electrons. The zero-order valence-corrected chi connectivity index (χ0v) is 16.8. The molecule has 0 saturated carbocycles. The van der Waals surface area contributed by atoms with Gasteiger partial charge in [-0.2, -0.15) is 0 Å². The summed E-state index contributed by atoms with van der Waals surface area (Å²) < 4.78 is 0. The van der Waals surface area contributed by atoms with Crippen LogP contribution in [0.4, 0.5) is 11.4 Å². The lowest BCUT2D eigenvalue weighted by Crippen LogP contribution is -2.51. The number of carbonyl (C=O) groups excluding carboxylic acids is 2. The molecular weight excluding hydrogens is 419 g/mol. The van der Waals surface area contributed by atoms with Crippen molar-refractivity contribution < 1.29 is 14.5 Å². The molecule has 1 saturated heterocycles. The second kappa shape index (κ2) is 9.11. The number of piperazine rings is 1. The summed E-state index contributed by atoms with van der Waals surface area (Å²) in [5.41, 5.74) is 0.448. The van der Waals surface area contributed by atoms with Crippen LogP contribution in [0.3, 0.4) is 0 Å². The van der Waals surface area contributed by atoms with Crippen molar-refractivity contribution in [2.75, 3.05) is 37.6 Å². The van der Waals surface area contributed by atoms with Crippen molar-refractivity contribution in [3.05, 3.63) is 68.2 Å². The molecule has 1 fully saturated rings. The standard InChI is InChI=1S/C19H18Cl2N4O4/c20-13-2-1-3-15(10-13)23-6-8-24(9-7-23)18(26)12-22-19(27)16-5-4-14(21)11-17(16)25(28)29/h1-5,10-11H,6-9,12H2,(H,22,27).